The van der Waals surface area contributed by atoms with E-state index in [1.807, 2.05) is 29.6 Å². The van der Waals surface area contributed by atoms with Gasteiger partial charge in [-0.2, -0.15) is 0 Å². The topological polar surface area (TPSA) is 57.8 Å². The van der Waals surface area contributed by atoms with E-state index in [0.29, 0.717) is 22.8 Å². The fraction of sp³-hybridized carbons (Fsp3) is 0.217. The summed E-state index contributed by atoms with van der Waals surface area (Å²) < 4.78 is 0. The highest BCUT2D eigenvalue weighted by molar-refractivity contribution is 7.17. The third kappa shape index (κ3) is 4.13. The number of benzene rings is 2. The SMILES string of the molecule is CC[C@H](NCc1nc2scc(-c3ccccc3Cl)c2c(=O)[nH]1)c1ccc(C)cc1. The van der Waals surface area contributed by atoms with E-state index < -0.39 is 0 Å². The molecule has 1 atom stereocenters. The molecule has 0 radical (unpaired) electrons. The first-order valence-corrected chi connectivity index (χ1v) is 10.9. The molecule has 0 aliphatic heterocycles. The maximum Gasteiger partial charge on any atom is 0.260 e. The van der Waals surface area contributed by atoms with E-state index in [0.717, 1.165) is 22.4 Å². The normalized spacial score (nSPS) is 12.4. The molecule has 0 unspecified atom stereocenters. The number of aryl methyl sites for hydroxylation is 1. The lowest BCUT2D eigenvalue weighted by Gasteiger charge is -2.17. The number of halogens is 1. The van der Waals surface area contributed by atoms with Crippen LogP contribution in [0.15, 0.2) is 58.7 Å². The van der Waals surface area contributed by atoms with Crippen molar-refractivity contribution in [2.75, 3.05) is 0 Å². The summed E-state index contributed by atoms with van der Waals surface area (Å²) in [6.07, 6.45) is 0.950. The Bertz CT molecular complexity index is 1200. The van der Waals surface area contributed by atoms with Gasteiger partial charge < -0.3 is 10.3 Å². The zero-order chi connectivity index (χ0) is 20.4. The Kier molecular flexibility index (Phi) is 5.81. The second-order valence-corrected chi connectivity index (χ2v) is 8.34. The van der Waals surface area contributed by atoms with E-state index in [-0.39, 0.29) is 11.6 Å². The fourth-order valence-corrected chi connectivity index (χ4v) is 4.67. The Morgan fingerprint density at radius 3 is 2.62 bits per heavy atom. The number of H-pyrrole nitrogens is 1. The third-order valence-corrected chi connectivity index (χ3v) is 6.26. The summed E-state index contributed by atoms with van der Waals surface area (Å²) in [6.45, 7) is 4.73. The lowest BCUT2D eigenvalue weighted by Crippen LogP contribution is -2.23. The zero-order valence-electron chi connectivity index (χ0n) is 16.3. The van der Waals surface area contributed by atoms with Crippen molar-refractivity contribution in [1.82, 2.24) is 15.3 Å². The average molecular weight is 424 g/mol. The molecule has 29 heavy (non-hydrogen) atoms. The van der Waals surface area contributed by atoms with Gasteiger partial charge in [0.2, 0.25) is 0 Å². The van der Waals surface area contributed by atoms with Crippen molar-refractivity contribution in [2.45, 2.75) is 32.9 Å². The summed E-state index contributed by atoms with van der Waals surface area (Å²) in [7, 11) is 0. The quantitative estimate of drug-likeness (QED) is 0.408. The van der Waals surface area contributed by atoms with Crippen molar-refractivity contribution in [3.05, 3.63) is 86.2 Å². The van der Waals surface area contributed by atoms with E-state index >= 15 is 0 Å². The number of hydrogen-bond acceptors (Lipinski definition) is 4. The maximum absolute atomic E-state index is 12.8. The third-order valence-electron chi connectivity index (χ3n) is 5.06. The van der Waals surface area contributed by atoms with Crippen LogP contribution in [0.2, 0.25) is 5.02 Å². The van der Waals surface area contributed by atoms with Crippen LogP contribution >= 0.6 is 22.9 Å². The highest BCUT2D eigenvalue weighted by Gasteiger charge is 2.15. The lowest BCUT2D eigenvalue weighted by molar-refractivity contribution is 0.508. The summed E-state index contributed by atoms with van der Waals surface area (Å²) in [5.41, 5.74) is 4.02. The molecule has 0 amide bonds. The molecular weight excluding hydrogens is 402 g/mol. The van der Waals surface area contributed by atoms with Crippen LogP contribution in [0.4, 0.5) is 0 Å². The minimum Gasteiger partial charge on any atom is -0.309 e. The van der Waals surface area contributed by atoms with E-state index in [1.54, 1.807) is 0 Å². The molecule has 6 heteroatoms. The van der Waals surface area contributed by atoms with Gasteiger partial charge in [0.05, 0.1) is 11.9 Å². The molecule has 2 aromatic heterocycles. The Labute approximate surface area is 178 Å². The van der Waals surface area contributed by atoms with E-state index in [2.05, 4.69) is 53.4 Å². The summed E-state index contributed by atoms with van der Waals surface area (Å²) in [5.74, 6) is 0.639. The highest BCUT2D eigenvalue weighted by atomic mass is 35.5. The first-order valence-electron chi connectivity index (χ1n) is 9.62. The minimum atomic E-state index is -0.133. The molecule has 0 bridgehead atoms. The lowest BCUT2D eigenvalue weighted by atomic mass is 10.0. The summed E-state index contributed by atoms with van der Waals surface area (Å²) in [6, 6.07) is 16.3. The molecule has 0 aliphatic carbocycles. The van der Waals surface area contributed by atoms with Crippen LogP contribution < -0.4 is 10.9 Å². The summed E-state index contributed by atoms with van der Waals surface area (Å²) in [5, 5.41) is 6.68. The smallest absolute Gasteiger partial charge is 0.260 e. The van der Waals surface area contributed by atoms with E-state index in [1.165, 1.54) is 22.5 Å². The molecule has 0 fully saturated rings. The van der Waals surface area contributed by atoms with Crippen LogP contribution in [0.1, 0.15) is 36.3 Å². The van der Waals surface area contributed by atoms with Crippen LogP contribution in [-0.4, -0.2) is 9.97 Å². The maximum atomic E-state index is 12.8. The van der Waals surface area contributed by atoms with Gasteiger partial charge in [0.25, 0.3) is 5.56 Å². The first-order chi connectivity index (χ1) is 14.1. The predicted octanol–water partition coefficient (Wildman–Crippen LogP) is 5.85. The number of aromatic nitrogens is 2. The standard InChI is InChI=1S/C23H22ClN3OS/c1-3-19(15-10-8-14(2)9-11-15)25-12-20-26-22(28)21-17(13-29-23(21)27-20)16-6-4-5-7-18(16)24/h4-11,13,19,25H,3,12H2,1-2H3,(H,26,27,28)/t19-/m0/s1. The molecule has 0 saturated heterocycles. The second-order valence-electron chi connectivity index (χ2n) is 7.07. The molecule has 148 valence electrons. The molecule has 0 aliphatic rings. The molecule has 2 aromatic carbocycles. The average Bonchev–Trinajstić information content (AvgIpc) is 3.14. The number of hydrogen-bond donors (Lipinski definition) is 2. The van der Waals surface area contributed by atoms with Gasteiger partial charge in [0.1, 0.15) is 10.7 Å². The molecule has 4 aromatic rings. The van der Waals surface area contributed by atoms with Gasteiger partial charge >= 0.3 is 0 Å². The zero-order valence-corrected chi connectivity index (χ0v) is 17.9. The number of rotatable bonds is 6. The molecular formula is C23H22ClN3OS. The molecule has 0 spiro atoms. The van der Waals surface area contributed by atoms with Gasteiger partial charge in [0, 0.05) is 27.6 Å². The van der Waals surface area contributed by atoms with Crippen molar-refractivity contribution in [3.63, 3.8) is 0 Å². The van der Waals surface area contributed by atoms with Crippen molar-refractivity contribution < 1.29 is 0 Å². The van der Waals surface area contributed by atoms with E-state index in [9.17, 15) is 4.79 Å². The van der Waals surface area contributed by atoms with Crippen molar-refractivity contribution in [1.29, 1.82) is 0 Å². The van der Waals surface area contributed by atoms with Crippen molar-refractivity contribution in [2.24, 2.45) is 0 Å². The van der Waals surface area contributed by atoms with Crippen LogP contribution in [0.3, 0.4) is 0 Å². The summed E-state index contributed by atoms with van der Waals surface area (Å²) >= 11 is 7.80. The monoisotopic (exact) mass is 423 g/mol. The Morgan fingerprint density at radius 1 is 1.14 bits per heavy atom. The Morgan fingerprint density at radius 2 is 1.90 bits per heavy atom. The Hall–Kier alpha value is -2.47. The van der Waals surface area contributed by atoms with Crippen LogP contribution in [0.5, 0.6) is 0 Å². The molecule has 4 rings (SSSR count). The number of thiophene rings is 1. The molecule has 2 heterocycles. The van der Waals surface area contributed by atoms with Gasteiger partial charge in [-0.15, -0.1) is 11.3 Å². The van der Waals surface area contributed by atoms with Gasteiger partial charge in [-0.1, -0.05) is 66.6 Å². The van der Waals surface area contributed by atoms with Gasteiger partial charge in [-0.25, -0.2) is 4.98 Å². The van der Waals surface area contributed by atoms with Gasteiger partial charge in [-0.05, 0) is 25.0 Å². The second kappa shape index (κ2) is 8.49. The summed E-state index contributed by atoms with van der Waals surface area (Å²) in [4.78, 5) is 21.2. The van der Waals surface area contributed by atoms with Gasteiger partial charge in [-0.3, -0.25) is 4.79 Å². The predicted molar refractivity (Wildman–Crippen MR) is 122 cm³/mol. The minimum absolute atomic E-state index is 0.133. The van der Waals surface area contributed by atoms with Gasteiger partial charge in [0.15, 0.2) is 0 Å². The van der Waals surface area contributed by atoms with Crippen molar-refractivity contribution >= 4 is 33.2 Å². The molecule has 0 saturated carbocycles. The Balaban J connectivity index is 1.60. The number of fused-ring (bicyclic) bond motifs is 1. The van der Waals surface area contributed by atoms with Crippen molar-refractivity contribution in [3.8, 4) is 11.1 Å². The highest BCUT2D eigenvalue weighted by Crippen LogP contribution is 2.34. The molecule has 4 nitrogen and oxygen atoms in total. The number of nitrogens with zero attached hydrogens (tertiary/aromatic N) is 1. The number of nitrogens with one attached hydrogen (secondary N) is 2. The van der Waals surface area contributed by atoms with Crippen LogP contribution in [-0.2, 0) is 6.54 Å². The van der Waals surface area contributed by atoms with Crippen LogP contribution in [0, 0.1) is 6.92 Å². The largest absolute Gasteiger partial charge is 0.309 e. The first kappa shape index (κ1) is 19.8. The fourth-order valence-electron chi connectivity index (χ4n) is 3.47. The van der Waals surface area contributed by atoms with E-state index in [4.69, 9.17) is 11.6 Å². The number of aromatic amines is 1. The molecule has 2 N–H and O–H groups in total. The van der Waals surface area contributed by atoms with Crippen LogP contribution in [0.25, 0.3) is 21.3 Å².